The first-order chi connectivity index (χ1) is 9.38. The number of aromatic nitrogens is 1. The summed E-state index contributed by atoms with van der Waals surface area (Å²) in [4.78, 5) is 9.12. The summed E-state index contributed by atoms with van der Waals surface area (Å²) in [7, 11) is 0. The van der Waals surface area contributed by atoms with Crippen molar-refractivity contribution in [3.05, 3.63) is 24.0 Å². The standard InChI is InChI=1S/C15H20N4/c16-10-13-4-6-17-11-15(13)19-9-5-14(12-19)18-7-2-1-3-8-18/h4,6,11,14H,1-3,5,7-9,12H2. The predicted molar refractivity (Wildman–Crippen MR) is 75.0 cm³/mol. The van der Waals surface area contributed by atoms with Crippen LogP contribution in [-0.2, 0) is 0 Å². The van der Waals surface area contributed by atoms with E-state index in [2.05, 4.69) is 20.9 Å². The molecule has 2 saturated heterocycles. The van der Waals surface area contributed by atoms with E-state index in [4.69, 9.17) is 0 Å². The van der Waals surface area contributed by atoms with Crippen molar-refractivity contribution < 1.29 is 0 Å². The number of pyridine rings is 1. The van der Waals surface area contributed by atoms with Crippen LogP contribution in [0.3, 0.4) is 0 Å². The Bertz CT molecular complexity index is 473. The van der Waals surface area contributed by atoms with E-state index in [0.717, 1.165) is 24.3 Å². The van der Waals surface area contributed by atoms with Gasteiger partial charge in [0.25, 0.3) is 0 Å². The highest BCUT2D eigenvalue weighted by molar-refractivity contribution is 5.58. The Morgan fingerprint density at radius 1 is 1.21 bits per heavy atom. The van der Waals surface area contributed by atoms with E-state index in [-0.39, 0.29) is 0 Å². The van der Waals surface area contributed by atoms with Crippen molar-refractivity contribution in [3.63, 3.8) is 0 Å². The monoisotopic (exact) mass is 256 g/mol. The van der Waals surface area contributed by atoms with Gasteiger partial charge in [-0.25, -0.2) is 0 Å². The van der Waals surface area contributed by atoms with Gasteiger partial charge in [-0.3, -0.25) is 9.88 Å². The Balaban J connectivity index is 1.70. The van der Waals surface area contributed by atoms with E-state index >= 15 is 0 Å². The van der Waals surface area contributed by atoms with Gasteiger partial charge in [0, 0.05) is 25.3 Å². The van der Waals surface area contributed by atoms with Crippen LogP contribution in [0, 0.1) is 11.3 Å². The maximum Gasteiger partial charge on any atom is 0.101 e. The molecule has 0 radical (unpaired) electrons. The minimum Gasteiger partial charge on any atom is -0.368 e. The zero-order valence-corrected chi connectivity index (χ0v) is 11.3. The molecule has 19 heavy (non-hydrogen) atoms. The Morgan fingerprint density at radius 2 is 2.05 bits per heavy atom. The lowest BCUT2D eigenvalue weighted by molar-refractivity contribution is 0.175. The summed E-state index contributed by atoms with van der Waals surface area (Å²) < 4.78 is 0. The number of likely N-dealkylation sites (tertiary alicyclic amines) is 1. The van der Waals surface area contributed by atoms with Crippen LogP contribution < -0.4 is 4.90 Å². The molecular formula is C15H20N4. The third kappa shape index (κ3) is 2.57. The van der Waals surface area contributed by atoms with Crippen molar-refractivity contribution in [1.29, 1.82) is 5.26 Å². The maximum atomic E-state index is 9.18. The van der Waals surface area contributed by atoms with Gasteiger partial charge in [0.05, 0.1) is 17.4 Å². The summed E-state index contributed by atoms with van der Waals surface area (Å²) in [6, 6.07) is 4.74. The minimum atomic E-state index is 0.659. The second-order valence-electron chi connectivity index (χ2n) is 5.49. The second-order valence-corrected chi connectivity index (χ2v) is 5.49. The fraction of sp³-hybridized carbons (Fsp3) is 0.600. The zero-order chi connectivity index (χ0) is 13.1. The summed E-state index contributed by atoms with van der Waals surface area (Å²) in [6.45, 7) is 4.58. The molecule has 1 atom stereocenters. The molecule has 0 saturated carbocycles. The van der Waals surface area contributed by atoms with Gasteiger partial charge in [-0.1, -0.05) is 6.42 Å². The maximum absolute atomic E-state index is 9.18. The highest BCUT2D eigenvalue weighted by atomic mass is 15.3. The van der Waals surface area contributed by atoms with E-state index in [0.29, 0.717) is 6.04 Å². The van der Waals surface area contributed by atoms with Gasteiger partial charge in [-0.05, 0) is 38.4 Å². The van der Waals surface area contributed by atoms with E-state index in [1.807, 2.05) is 12.3 Å². The van der Waals surface area contributed by atoms with Crippen LogP contribution in [0.15, 0.2) is 18.5 Å². The first kappa shape index (κ1) is 12.4. The van der Waals surface area contributed by atoms with Crippen molar-refractivity contribution in [2.45, 2.75) is 31.7 Å². The third-order valence-corrected chi connectivity index (χ3v) is 4.33. The lowest BCUT2D eigenvalue weighted by atomic mass is 10.1. The molecule has 2 fully saturated rings. The van der Waals surface area contributed by atoms with Crippen LogP contribution in [0.5, 0.6) is 0 Å². The molecular weight excluding hydrogens is 236 g/mol. The van der Waals surface area contributed by atoms with Crippen LogP contribution in [-0.4, -0.2) is 42.1 Å². The molecule has 0 amide bonds. The summed E-state index contributed by atoms with van der Waals surface area (Å²) in [5.74, 6) is 0. The molecule has 4 heteroatoms. The van der Waals surface area contributed by atoms with Crippen LogP contribution in [0.25, 0.3) is 0 Å². The zero-order valence-electron chi connectivity index (χ0n) is 11.3. The fourth-order valence-corrected chi connectivity index (χ4v) is 3.27. The third-order valence-electron chi connectivity index (χ3n) is 4.33. The van der Waals surface area contributed by atoms with Crippen molar-refractivity contribution in [2.75, 3.05) is 31.1 Å². The molecule has 0 bridgehead atoms. The summed E-state index contributed by atoms with van der Waals surface area (Å²) >= 11 is 0. The van der Waals surface area contributed by atoms with Crippen LogP contribution in [0.4, 0.5) is 5.69 Å². The van der Waals surface area contributed by atoms with Crippen molar-refractivity contribution >= 4 is 5.69 Å². The van der Waals surface area contributed by atoms with Crippen molar-refractivity contribution in [1.82, 2.24) is 9.88 Å². The molecule has 100 valence electrons. The Hall–Kier alpha value is -1.60. The molecule has 1 aromatic heterocycles. The molecule has 3 heterocycles. The summed E-state index contributed by atoms with van der Waals surface area (Å²) in [5, 5.41) is 9.18. The molecule has 3 rings (SSSR count). The number of hydrogen-bond acceptors (Lipinski definition) is 4. The molecule has 2 aliphatic rings. The largest absolute Gasteiger partial charge is 0.368 e. The van der Waals surface area contributed by atoms with Crippen molar-refractivity contribution in [3.8, 4) is 6.07 Å². The highest BCUT2D eigenvalue weighted by Crippen LogP contribution is 2.26. The summed E-state index contributed by atoms with van der Waals surface area (Å²) in [5.41, 5.74) is 1.75. The van der Waals surface area contributed by atoms with Gasteiger partial charge in [0.1, 0.15) is 6.07 Å². The lowest BCUT2D eigenvalue weighted by Crippen LogP contribution is -2.40. The average Bonchev–Trinajstić information content (AvgIpc) is 2.98. The minimum absolute atomic E-state index is 0.659. The van der Waals surface area contributed by atoms with Crippen molar-refractivity contribution in [2.24, 2.45) is 0 Å². The number of piperidine rings is 1. The van der Waals surface area contributed by atoms with Gasteiger partial charge in [0.15, 0.2) is 0 Å². The van der Waals surface area contributed by atoms with Gasteiger partial charge in [0.2, 0.25) is 0 Å². The highest BCUT2D eigenvalue weighted by Gasteiger charge is 2.29. The predicted octanol–water partition coefficient (Wildman–Crippen LogP) is 2.02. The normalized spacial score (nSPS) is 24.4. The number of rotatable bonds is 2. The number of nitrogens with zero attached hydrogens (tertiary/aromatic N) is 4. The Morgan fingerprint density at radius 3 is 2.84 bits per heavy atom. The second kappa shape index (κ2) is 5.58. The number of anilines is 1. The average molecular weight is 256 g/mol. The SMILES string of the molecule is N#Cc1ccncc1N1CCC(N2CCCCC2)C1. The van der Waals surface area contributed by atoms with Gasteiger partial charge < -0.3 is 4.90 Å². The smallest absolute Gasteiger partial charge is 0.101 e. The fourth-order valence-electron chi connectivity index (χ4n) is 3.27. The van der Waals surface area contributed by atoms with E-state index in [1.165, 1.54) is 38.8 Å². The Kier molecular flexibility index (Phi) is 3.65. The summed E-state index contributed by atoms with van der Waals surface area (Å²) in [6.07, 6.45) is 8.80. The molecule has 1 unspecified atom stereocenters. The van der Waals surface area contributed by atoms with Gasteiger partial charge in [-0.15, -0.1) is 0 Å². The molecule has 1 aromatic rings. The van der Waals surface area contributed by atoms with Crippen LogP contribution in [0.1, 0.15) is 31.2 Å². The van der Waals surface area contributed by atoms with E-state index in [9.17, 15) is 5.26 Å². The van der Waals surface area contributed by atoms with E-state index in [1.54, 1.807) is 6.20 Å². The molecule has 2 aliphatic heterocycles. The number of nitriles is 1. The van der Waals surface area contributed by atoms with Crippen LogP contribution in [0.2, 0.25) is 0 Å². The molecule has 4 nitrogen and oxygen atoms in total. The van der Waals surface area contributed by atoms with Gasteiger partial charge >= 0.3 is 0 Å². The topological polar surface area (TPSA) is 43.2 Å². The molecule has 0 aromatic carbocycles. The Labute approximate surface area is 114 Å². The lowest BCUT2D eigenvalue weighted by Gasteiger charge is -2.32. The first-order valence-electron chi connectivity index (χ1n) is 7.21. The van der Waals surface area contributed by atoms with E-state index < -0.39 is 0 Å². The molecule has 0 spiro atoms. The molecule has 0 N–H and O–H groups in total. The van der Waals surface area contributed by atoms with Gasteiger partial charge in [-0.2, -0.15) is 5.26 Å². The van der Waals surface area contributed by atoms with Crippen LogP contribution >= 0.6 is 0 Å². The first-order valence-corrected chi connectivity index (χ1v) is 7.21. The quantitative estimate of drug-likeness (QED) is 0.812. The number of hydrogen-bond donors (Lipinski definition) is 0. The molecule has 0 aliphatic carbocycles.